The molecule has 13 heteroatoms. The normalized spacial score (nSPS) is 13.9. The van der Waals surface area contributed by atoms with Gasteiger partial charge in [0, 0.05) is 32.7 Å². The van der Waals surface area contributed by atoms with Crippen LogP contribution in [0.15, 0.2) is 73.4 Å². The Morgan fingerprint density at radius 1 is 1.14 bits per heavy atom. The van der Waals surface area contributed by atoms with E-state index in [1.807, 2.05) is 6.07 Å². The number of ether oxygens (including phenoxy) is 1. The van der Waals surface area contributed by atoms with Crippen molar-refractivity contribution < 1.29 is 14.5 Å². The molecule has 1 aliphatic carbocycles. The molecule has 1 saturated carbocycles. The monoisotopic (exact) mass is 715 g/mol. The first kappa shape index (κ1) is 29.9. The first-order valence-electron chi connectivity index (χ1n) is 13.1. The second kappa shape index (κ2) is 13.1. The molecule has 0 spiro atoms. The highest BCUT2D eigenvalue weighted by Crippen LogP contribution is 2.36. The fraction of sp³-hybridized carbons (Fsp3) is 0.241. The Morgan fingerprint density at radius 3 is 2.60 bits per heavy atom. The van der Waals surface area contributed by atoms with Crippen LogP contribution >= 0.6 is 43.5 Å². The number of anilines is 1. The molecule has 0 radical (unpaired) electrons. The number of benzene rings is 3. The molecule has 10 nitrogen and oxygen atoms in total. The van der Waals surface area contributed by atoms with E-state index in [0.717, 1.165) is 36.6 Å². The van der Waals surface area contributed by atoms with Crippen LogP contribution in [0.4, 0.5) is 11.4 Å². The third-order valence-electron chi connectivity index (χ3n) is 6.84. The Bertz CT molecular complexity index is 1750. The number of carbonyl (C=O) groups is 1. The van der Waals surface area contributed by atoms with E-state index in [1.165, 1.54) is 17.0 Å². The van der Waals surface area contributed by atoms with Gasteiger partial charge in [-0.2, -0.15) is 9.78 Å². The maximum absolute atomic E-state index is 13.6. The third-order valence-corrected chi connectivity index (χ3v) is 8.18. The van der Waals surface area contributed by atoms with E-state index in [-0.39, 0.29) is 27.4 Å². The van der Waals surface area contributed by atoms with Crippen LogP contribution in [-0.2, 0) is 4.79 Å². The van der Waals surface area contributed by atoms with Crippen LogP contribution in [0.25, 0.3) is 10.9 Å². The highest BCUT2D eigenvalue weighted by molar-refractivity contribution is 9.10. The molecule has 4 aromatic rings. The van der Waals surface area contributed by atoms with Crippen LogP contribution in [0.5, 0.6) is 5.75 Å². The van der Waals surface area contributed by atoms with Crippen molar-refractivity contribution in [2.24, 2.45) is 5.10 Å². The van der Waals surface area contributed by atoms with Gasteiger partial charge in [-0.15, -0.1) is 0 Å². The second-order valence-corrected chi connectivity index (χ2v) is 12.0. The molecule has 0 unspecified atom stereocenters. The summed E-state index contributed by atoms with van der Waals surface area (Å²) in [5.41, 5.74) is 0.757. The van der Waals surface area contributed by atoms with Gasteiger partial charge in [-0.25, -0.2) is 4.98 Å². The van der Waals surface area contributed by atoms with Crippen molar-refractivity contribution in [2.45, 2.75) is 38.0 Å². The molecule has 0 bridgehead atoms. The molecule has 0 atom stereocenters. The van der Waals surface area contributed by atoms with Gasteiger partial charge >= 0.3 is 5.69 Å². The average molecular weight is 718 g/mol. The maximum atomic E-state index is 13.6. The number of hydrogen-bond acceptors (Lipinski definition) is 7. The van der Waals surface area contributed by atoms with E-state index in [9.17, 15) is 19.7 Å². The van der Waals surface area contributed by atoms with Crippen molar-refractivity contribution in [2.75, 3.05) is 11.9 Å². The van der Waals surface area contributed by atoms with E-state index >= 15 is 0 Å². The number of fused-ring (bicyclic) bond motifs is 1. The predicted octanol–water partition coefficient (Wildman–Crippen LogP) is 7.43. The van der Waals surface area contributed by atoms with Crippen LogP contribution < -0.4 is 15.6 Å². The Labute approximate surface area is 262 Å². The first-order valence-corrected chi connectivity index (χ1v) is 15.1. The number of nitrogens with zero attached hydrogens (tertiary/aromatic N) is 4. The number of hydrogen-bond donors (Lipinski definition) is 1. The van der Waals surface area contributed by atoms with Crippen molar-refractivity contribution in [3.8, 4) is 5.75 Å². The quantitative estimate of drug-likeness (QED) is 0.115. The van der Waals surface area contributed by atoms with E-state index in [2.05, 4.69) is 42.3 Å². The molecule has 1 heterocycles. The van der Waals surface area contributed by atoms with Crippen LogP contribution in [0.3, 0.4) is 0 Å². The van der Waals surface area contributed by atoms with E-state index in [0.29, 0.717) is 33.0 Å². The number of nitrogens with one attached hydrogen (secondary N) is 1. The number of nitro groups is 1. The zero-order chi connectivity index (χ0) is 29.8. The number of nitro benzene ring substituents is 1. The molecule has 216 valence electrons. The zero-order valence-electron chi connectivity index (χ0n) is 22.1. The van der Waals surface area contributed by atoms with Crippen LogP contribution in [-0.4, -0.2) is 33.3 Å². The predicted molar refractivity (Wildman–Crippen MR) is 169 cm³/mol. The van der Waals surface area contributed by atoms with E-state index in [4.69, 9.17) is 21.3 Å². The number of rotatable bonds is 8. The summed E-state index contributed by atoms with van der Waals surface area (Å²) < 4.78 is 7.83. The number of halogens is 3. The van der Waals surface area contributed by atoms with Gasteiger partial charge < -0.3 is 10.1 Å². The van der Waals surface area contributed by atoms with Gasteiger partial charge in [0.25, 0.3) is 11.5 Å². The van der Waals surface area contributed by atoms with Gasteiger partial charge in [-0.05, 0) is 77.3 Å². The third kappa shape index (κ3) is 6.88. The van der Waals surface area contributed by atoms with Crippen molar-refractivity contribution in [1.29, 1.82) is 0 Å². The van der Waals surface area contributed by atoms with E-state index in [1.54, 1.807) is 42.5 Å². The molecule has 5 rings (SSSR count). The highest BCUT2D eigenvalue weighted by atomic mass is 79.9. The average Bonchev–Trinajstić information content (AvgIpc) is 2.97. The van der Waals surface area contributed by atoms with Gasteiger partial charge in [-0.3, -0.25) is 19.7 Å². The molecule has 1 fully saturated rings. The summed E-state index contributed by atoms with van der Waals surface area (Å²) >= 11 is 12.6. The molecule has 42 heavy (non-hydrogen) atoms. The fourth-order valence-electron chi connectivity index (χ4n) is 4.85. The lowest BCUT2D eigenvalue weighted by Gasteiger charge is -2.22. The molecule has 1 aliphatic rings. The molecule has 1 amide bonds. The fourth-order valence-corrected chi connectivity index (χ4v) is 5.92. The van der Waals surface area contributed by atoms with Crippen molar-refractivity contribution in [3.63, 3.8) is 0 Å². The Balaban J connectivity index is 1.44. The summed E-state index contributed by atoms with van der Waals surface area (Å²) in [7, 11) is 0. The van der Waals surface area contributed by atoms with Gasteiger partial charge in [0.15, 0.2) is 6.61 Å². The number of aromatic nitrogens is 2. The molecular formula is C29H24Br2ClN5O5. The topological polar surface area (TPSA) is 129 Å². The SMILES string of the molecule is O=C(COc1c(Br)cc(C=Nn2c(C3CCCCC3)nc3ccc(Br)cc3c2=O)cc1[N+](=O)[O-])Nc1ccc(Cl)cc1. The summed E-state index contributed by atoms with van der Waals surface area (Å²) in [6, 6.07) is 14.7. The summed E-state index contributed by atoms with van der Waals surface area (Å²) in [4.78, 5) is 42.1. The standard InChI is InChI=1S/C29H24Br2ClN5O5/c30-19-6-11-24-22(14-19)29(39)36(28(35-24)18-4-2-1-3-5-18)33-15-17-12-23(31)27(25(13-17)37(40)41)42-16-26(38)34-21-9-7-20(32)8-10-21/h6-15,18H,1-5,16H2,(H,34,38). The van der Waals surface area contributed by atoms with Gasteiger partial charge in [-0.1, -0.05) is 46.8 Å². The molecule has 0 saturated heterocycles. The number of carbonyl (C=O) groups excluding carboxylic acids is 1. The van der Waals surface area contributed by atoms with Crippen molar-refractivity contribution in [1.82, 2.24) is 9.66 Å². The summed E-state index contributed by atoms with van der Waals surface area (Å²) in [5, 5.41) is 20.0. The van der Waals surface area contributed by atoms with Gasteiger partial charge in [0.2, 0.25) is 5.75 Å². The molecule has 0 aliphatic heterocycles. The molecule has 1 aromatic heterocycles. The molecule has 1 N–H and O–H groups in total. The Hall–Kier alpha value is -3.61. The summed E-state index contributed by atoms with van der Waals surface area (Å²) in [6.45, 7) is -0.464. The number of amides is 1. The van der Waals surface area contributed by atoms with Gasteiger partial charge in [0.05, 0.1) is 26.5 Å². The Morgan fingerprint density at radius 2 is 1.88 bits per heavy atom. The van der Waals surface area contributed by atoms with E-state index < -0.39 is 17.4 Å². The van der Waals surface area contributed by atoms with Crippen molar-refractivity contribution in [3.05, 3.63) is 100 Å². The molecule has 3 aromatic carbocycles. The smallest absolute Gasteiger partial charge is 0.312 e. The van der Waals surface area contributed by atoms with Crippen LogP contribution in [0, 0.1) is 10.1 Å². The largest absolute Gasteiger partial charge is 0.476 e. The lowest BCUT2D eigenvalue weighted by molar-refractivity contribution is -0.385. The minimum absolute atomic E-state index is 0.0764. The molecular weight excluding hydrogens is 694 g/mol. The lowest BCUT2D eigenvalue weighted by atomic mass is 9.88. The highest BCUT2D eigenvalue weighted by Gasteiger charge is 2.24. The first-order chi connectivity index (χ1) is 20.2. The van der Waals surface area contributed by atoms with Crippen molar-refractivity contribution >= 4 is 77.9 Å². The van der Waals surface area contributed by atoms with Gasteiger partial charge in [0.1, 0.15) is 5.82 Å². The minimum atomic E-state index is -0.608. The summed E-state index contributed by atoms with van der Waals surface area (Å²) in [6.07, 6.45) is 6.41. The van der Waals surface area contributed by atoms with Crippen LogP contribution in [0.1, 0.15) is 49.4 Å². The lowest BCUT2D eigenvalue weighted by Crippen LogP contribution is -2.25. The Kier molecular flexibility index (Phi) is 9.34. The van der Waals surface area contributed by atoms with Crippen LogP contribution in [0.2, 0.25) is 5.02 Å². The minimum Gasteiger partial charge on any atom is -0.476 e. The zero-order valence-corrected chi connectivity index (χ0v) is 26.0. The maximum Gasteiger partial charge on any atom is 0.312 e. The second-order valence-electron chi connectivity index (χ2n) is 9.78. The summed E-state index contributed by atoms with van der Waals surface area (Å²) in [5.74, 6) is 0.0356.